The first kappa shape index (κ1) is 14.1. The fourth-order valence-electron chi connectivity index (χ4n) is 3.47. The molecule has 4 heteroatoms. The molecule has 2 aromatic carbocycles. The molecule has 0 radical (unpaired) electrons. The Morgan fingerprint density at radius 2 is 2.09 bits per heavy atom. The Morgan fingerprint density at radius 3 is 2.78 bits per heavy atom. The molecule has 118 valence electrons. The number of aromatic hydroxyl groups is 1. The number of aromatic nitrogens is 1. The molecule has 0 aliphatic heterocycles. The van der Waals surface area contributed by atoms with Crippen LogP contribution in [0.4, 0.5) is 0 Å². The summed E-state index contributed by atoms with van der Waals surface area (Å²) in [5.74, 6) is 0.0377. The minimum absolute atomic E-state index is 0.0275. The maximum Gasteiger partial charge on any atom is 0.341 e. The molecule has 0 bridgehead atoms. The van der Waals surface area contributed by atoms with Crippen molar-refractivity contribution in [2.45, 2.75) is 25.7 Å². The Kier molecular flexibility index (Phi) is 3.08. The predicted molar refractivity (Wildman–Crippen MR) is 90.0 cm³/mol. The molecule has 1 aliphatic rings. The van der Waals surface area contributed by atoms with Crippen molar-refractivity contribution in [3.8, 4) is 5.75 Å². The molecule has 4 rings (SSSR count). The third kappa shape index (κ3) is 2.01. The number of esters is 1. The van der Waals surface area contributed by atoms with E-state index in [9.17, 15) is 9.90 Å². The lowest BCUT2D eigenvalue weighted by atomic mass is 10.00. The van der Waals surface area contributed by atoms with Gasteiger partial charge >= 0.3 is 5.97 Å². The van der Waals surface area contributed by atoms with Crippen molar-refractivity contribution < 1.29 is 14.6 Å². The third-order valence-electron chi connectivity index (χ3n) is 4.68. The number of aryl methyl sites for hydroxylation is 1. The molecular formula is C19H19NO3. The molecule has 1 fully saturated rings. The summed E-state index contributed by atoms with van der Waals surface area (Å²) in [5.41, 5.74) is 3.50. The molecule has 1 N–H and O–H groups in total. The van der Waals surface area contributed by atoms with Crippen LogP contribution in [0.5, 0.6) is 5.75 Å². The highest BCUT2D eigenvalue weighted by atomic mass is 16.5. The van der Waals surface area contributed by atoms with Crippen LogP contribution in [0.25, 0.3) is 21.8 Å². The Hall–Kier alpha value is -2.49. The van der Waals surface area contributed by atoms with Crippen molar-refractivity contribution in [2.24, 2.45) is 7.05 Å². The lowest BCUT2D eigenvalue weighted by Gasteiger charge is -2.11. The lowest BCUT2D eigenvalue weighted by molar-refractivity contribution is 0.0523. The number of hydrogen-bond donors (Lipinski definition) is 1. The summed E-state index contributed by atoms with van der Waals surface area (Å²) in [6.45, 7) is 2.07. The Labute approximate surface area is 134 Å². The van der Waals surface area contributed by atoms with E-state index in [1.807, 2.05) is 37.4 Å². The summed E-state index contributed by atoms with van der Waals surface area (Å²) in [5, 5.41) is 12.5. The topological polar surface area (TPSA) is 51.5 Å². The first-order chi connectivity index (χ1) is 11.1. The van der Waals surface area contributed by atoms with Gasteiger partial charge in [-0.15, -0.1) is 0 Å². The molecule has 3 aromatic rings. The number of rotatable bonds is 3. The van der Waals surface area contributed by atoms with Crippen LogP contribution in [0.1, 0.15) is 41.6 Å². The SMILES string of the molecule is CCOC(=O)c1cc(C2CC2)c2c(c1O)c1ccccc1n2C. The van der Waals surface area contributed by atoms with Crippen LogP contribution in [-0.4, -0.2) is 22.2 Å². The second kappa shape index (κ2) is 5.01. The smallest absolute Gasteiger partial charge is 0.341 e. The van der Waals surface area contributed by atoms with Gasteiger partial charge in [0, 0.05) is 18.0 Å². The monoisotopic (exact) mass is 309 g/mol. The second-order valence-corrected chi connectivity index (χ2v) is 6.16. The number of hydrogen-bond acceptors (Lipinski definition) is 3. The van der Waals surface area contributed by atoms with Crippen LogP contribution in [0.2, 0.25) is 0 Å². The average molecular weight is 309 g/mol. The summed E-state index contributed by atoms with van der Waals surface area (Å²) < 4.78 is 7.24. The van der Waals surface area contributed by atoms with E-state index in [2.05, 4.69) is 4.57 Å². The zero-order valence-electron chi connectivity index (χ0n) is 13.3. The second-order valence-electron chi connectivity index (χ2n) is 6.16. The highest BCUT2D eigenvalue weighted by molar-refractivity contribution is 6.15. The maximum absolute atomic E-state index is 12.3. The standard InChI is InChI=1S/C19H19NO3/c1-3-23-19(22)14-10-13(11-8-9-11)17-16(18(14)21)12-6-4-5-7-15(12)20(17)2/h4-7,10-11,21H,3,8-9H2,1-2H3. The summed E-state index contributed by atoms with van der Waals surface area (Å²) in [7, 11) is 2.01. The van der Waals surface area contributed by atoms with E-state index >= 15 is 0 Å². The third-order valence-corrected chi connectivity index (χ3v) is 4.68. The van der Waals surface area contributed by atoms with Gasteiger partial charge in [-0.05, 0) is 43.4 Å². The van der Waals surface area contributed by atoms with Crippen LogP contribution >= 0.6 is 0 Å². The molecule has 0 spiro atoms. The van der Waals surface area contributed by atoms with Gasteiger partial charge in [-0.1, -0.05) is 18.2 Å². The number of phenolic OH excluding ortho intramolecular Hbond substituents is 1. The van der Waals surface area contributed by atoms with Gasteiger partial charge in [0.15, 0.2) is 0 Å². The maximum atomic E-state index is 12.3. The molecular weight excluding hydrogens is 290 g/mol. The van der Waals surface area contributed by atoms with Gasteiger partial charge < -0.3 is 14.4 Å². The van der Waals surface area contributed by atoms with Crippen molar-refractivity contribution in [1.29, 1.82) is 0 Å². The number of carbonyl (C=O) groups is 1. The molecule has 1 heterocycles. The van der Waals surface area contributed by atoms with Gasteiger partial charge in [0.25, 0.3) is 0 Å². The van der Waals surface area contributed by atoms with Crippen LogP contribution in [0.15, 0.2) is 30.3 Å². The zero-order valence-corrected chi connectivity index (χ0v) is 13.3. The zero-order chi connectivity index (χ0) is 16.1. The summed E-state index contributed by atoms with van der Waals surface area (Å²) in [6.07, 6.45) is 2.26. The molecule has 1 aliphatic carbocycles. The van der Waals surface area contributed by atoms with Gasteiger partial charge in [0.05, 0.1) is 17.5 Å². The number of phenols is 1. The number of benzene rings is 2. The van der Waals surface area contributed by atoms with E-state index < -0.39 is 5.97 Å². The lowest BCUT2D eigenvalue weighted by Crippen LogP contribution is -2.06. The quantitative estimate of drug-likeness (QED) is 0.741. The van der Waals surface area contributed by atoms with Gasteiger partial charge in [0.2, 0.25) is 0 Å². The minimum atomic E-state index is -0.457. The van der Waals surface area contributed by atoms with Crippen LogP contribution in [0, 0.1) is 0 Å². The Balaban J connectivity index is 2.13. The number of carbonyl (C=O) groups excluding carboxylic acids is 1. The first-order valence-corrected chi connectivity index (χ1v) is 8.03. The van der Waals surface area contributed by atoms with E-state index in [0.29, 0.717) is 12.5 Å². The molecule has 0 unspecified atom stereocenters. The highest BCUT2D eigenvalue weighted by Gasteiger charge is 2.31. The van der Waals surface area contributed by atoms with E-state index in [-0.39, 0.29) is 11.3 Å². The fourth-order valence-corrected chi connectivity index (χ4v) is 3.47. The molecule has 1 aromatic heterocycles. The van der Waals surface area contributed by atoms with Gasteiger partial charge in [-0.2, -0.15) is 0 Å². The number of ether oxygens (including phenoxy) is 1. The van der Waals surface area contributed by atoms with Crippen molar-refractivity contribution in [1.82, 2.24) is 4.57 Å². The molecule has 0 atom stereocenters. The number of fused-ring (bicyclic) bond motifs is 3. The van der Waals surface area contributed by atoms with Crippen molar-refractivity contribution in [3.63, 3.8) is 0 Å². The molecule has 0 saturated heterocycles. The van der Waals surface area contributed by atoms with Crippen molar-refractivity contribution >= 4 is 27.8 Å². The number of para-hydroxylation sites is 1. The minimum Gasteiger partial charge on any atom is -0.506 e. The summed E-state index contributed by atoms with van der Waals surface area (Å²) in [6, 6.07) is 9.79. The summed E-state index contributed by atoms with van der Waals surface area (Å²) >= 11 is 0. The molecule has 4 nitrogen and oxygen atoms in total. The summed E-state index contributed by atoms with van der Waals surface area (Å²) in [4.78, 5) is 12.3. The van der Waals surface area contributed by atoms with E-state index in [1.165, 1.54) is 0 Å². The van der Waals surface area contributed by atoms with Crippen molar-refractivity contribution in [2.75, 3.05) is 6.61 Å². The Bertz CT molecular complexity index is 935. The average Bonchev–Trinajstić information content (AvgIpc) is 3.34. The van der Waals surface area contributed by atoms with Gasteiger partial charge in [0.1, 0.15) is 11.3 Å². The number of nitrogens with zero attached hydrogens (tertiary/aromatic N) is 1. The Morgan fingerprint density at radius 1 is 1.35 bits per heavy atom. The van der Waals surface area contributed by atoms with E-state index in [1.54, 1.807) is 6.92 Å². The van der Waals surface area contributed by atoms with E-state index in [0.717, 1.165) is 40.2 Å². The van der Waals surface area contributed by atoms with Crippen LogP contribution in [0.3, 0.4) is 0 Å². The molecule has 23 heavy (non-hydrogen) atoms. The molecule has 1 saturated carbocycles. The largest absolute Gasteiger partial charge is 0.506 e. The van der Waals surface area contributed by atoms with Crippen molar-refractivity contribution in [3.05, 3.63) is 41.5 Å². The van der Waals surface area contributed by atoms with Crippen LogP contribution in [-0.2, 0) is 11.8 Å². The van der Waals surface area contributed by atoms with Gasteiger partial charge in [-0.25, -0.2) is 4.79 Å². The fraction of sp³-hybridized carbons (Fsp3) is 0.316. The molecule has 0 amide bonds. The predicted octanol–water partition coefficient (Wildman–Crippen LogP) is 4.09. The normalized spacial score (nSPS) is 14.5. The van der Waals surface area contributed by atoms with Crippen LogP contribution < -0.4 is 0 Å². The van der Waals surface area contributed by atoms with Gasteiger partial charge in [-0.3, -0.25) is 0 Å². The van der Waals surface area contributed by atoms with E-state index in [4.69, 9.17) is 4.74 Å². The first-order valence-electron chi connectivity index (χ1n) is 8.03. The highest BCUT2D eigenvalue weighted by Crippen LogP contribution is 2.48.